The smallest absolute Gasteiger partial charge is 0.416 e. The number of nitrogens with one attached hydrogen (secondary N) is 2. The van der Waals surface area contributed by atoms with Crippen molar-refractivity contribution >= 4 is 29.3 Å². The van der Waals surface area contributed by atoms with E-state index in [0.29, 0.717) is 11.3 Å². The molecule has 3 aromatic rings. The Labute approximate surface area is 217 Å². The number of nitriles is 1. The molecule has 0 bridgehead atoms. The molecule has 3 rings (SSSR count). The van der Waals surface area contributed by atoms with Gasteiger partial charge in [-0.3, -0.25) is 9.59 Å². The van der Waals surface area contributed by atoms with Gasteiger partial charge < -0.3 is 20.1 Å². The van der Waals surface area contributed by atoms with E-state index in [2.05, 4.69) is 10.6 Å². The third-order valence-electron chi connectivity index (χ3n) is 5.09. The van der Waals surface area contributed by atoms with Gasteiger partial charge >= 0.3 is 6.18 Å². The predicted molar refractivity (Wildman–Crippen MR) is 137 cm³/mol. The summed E-state index contributed by atoms with van der Waals surface area (Å²) in [5, 5.41) is 14.5. The molecule has 38 heavy (non-hydrogen) atoms. The van der Waals surface area contributed by atoms with Crippen LogP contribution < -0.4 is 20.1 Å². The third-order valence-corrected chi connectivity index (χ3v) is 5.09. The van der Waals surface area contributed by atoms with E-state index in [1.807, 2.05) is 19.1 Å². The van der Waals surface area contributed by atoms with E-state index in [-0.39, 0.29) is 41.9 Å². The Kier molecular flexibility index (Phi) is 9.11. The lowest BCUT2D eigenvalue weighted by Gasteiger charge is -2.13. The summed E-state index contributed by atoms with van der Waals surface area (Å²) in [6.45, 7) is 3.68. The molecule has 7 nitrogen and oxygen atoms in total. The minimum absolute atomic E-state index is 0.103. The standard InChI is InChI=1S/C28H24F3N3O4/c1-3-37-25-14-19(9-12-24(25)38-17-26(35)33-22-10-7-18(2)8-11-22)13-20(16-32)27(36)34-23-6-4-5-21(15-23)28(29,30)31/h4-15H,3,17H2,1-2H3,(H,33,35)(H,34,36)/b20-13+. The Bertz CT molecular complexity index is 1380. The van der Waals surface area contributed by atoms with Crippen molar-refractivity contribution in [3.05, 3.63) is 89.0 Å². The van der Waals surface area contributed by atoms with Crippen LogP contribution in [-0.4, -0.2) is 25.0 Å². The fourth-order valence-corrected chi connectivity index (χ4v) is 3.27. The van der Waals surface area contributed by atoms with Gasteiger partial charge in [-0.15, -0.1) is 0 Å². The van der Waals surface area contributed by atoms with Crippen LogP contribution in [0.5, 0.6) is 11.5 Å². The van der Waals surface area contributed by atoms with Crippen molar-refractivity contribution < 1.29 is 32.2 Å². The average molecular weight is 524 g/mol. The summed E-state index contributed by atoms with van der Waals surface area (Å²) < 4.78 is 50.0. The summed E-state index contributed by atoms with van der Waals surface area (Å²) in [6, 6.07) is 17.7. The molecule has 196 valence electrons. The fraction of sp³-hybridized carbons (Fsp3) is 0.179. The first kappa shape index (κ1) is 27.8. The van der Waals surface area contributed by atoms with E-state index >= 15 is 0 Å². The maximum absolute atomic E-state index is 12.9. The molecular weight excluding hydrogens is 499 g/mol. The van der Waals surface area contributed by atoms with Gasteiger partial charge in [0, 0.05) is 11.4 Å². The number of hydrogen-bond acceptors (Lipinski definition) is 5. The number of nitrogens with zero attached hydrogens (tertiary/aromatic N) is 1. The number of halogens is 3. The first-order valence-corrected chi connectivity index (χ1v) is 11.5. The molecule has 0 saturated heterocycles. The Balaban J connectivity index is 1.72. The molecule has 0 aromatic heterocycles. The van der Waals surface area contributed by atoms with Crippen LogP contribution in [0.4, 0.5) is 24.5 Å². The van der Waals surface area contributed by atoms with Crippen LogP contribution in [0.3, 0.4) is 0 Å². The Morgan fingerprint density at radius 2 is 1.68 bits per heavy atom. The van der Waals surface area contributed by atoms with Gasteiger partial charge in [-0.05, 0) is 68.0 Å². The second kappa shape index (κ2) is 12.5. The highest BCUT2D eigenvalue weighted by atomic mass is 19.4. The Morgan fingerprint density at radius 3 is 2.34 bits per heavy atom. The molecule has 0 unspecified atom stereocenters. The molecule has 0 radical (unpaired) electrons. The van der Waals surface area contributed by atoms with Gasteiger partial charge in [-0.1, -0.05) is 29.8 Å². The number of benzene rings is 3. The number of alkyl halides is 3. The van der Waals surface area contributed by atoms with Gasteiger partial charge in [0.15, 0.2) is 18.1 Å². The van der Waals surface area contributed by atoms with Crippen LogP contribution >= 0.6 is 0 Å². The number of rotatable bonds is 9. The summed E-state index contributed by atoms with van der Waals surface area (Å²) in [4.78, 5) is 24.8. The molecule has 2 amide bonds. The molecule has 10 heteroatoms. The molecule has 0 heterocycles. The van der Waals surface area contributed by atoms with Crippen molar-refractivity contribution in [1.29, 1.82) is 5.26 Å². The minimum atomic E-state index is -4.57. The van der Waals surface area contributed by atoms with Crippen molar-refractivity contribution in [1.82, 2.24) is 0 Å². The minimum Gasteiger partial charge on any atom is -0.490 e. The second-order valence-corrected chi connectivity index (χ2v) is 8.04. The van der Waals surface area contributed by atoms with Gasteiger partial charge in [0.25, 0.3) is 11.8 Å². The number of carbonyl (C=O) groups excluding carboxylic acids is 2. The van der Waals surface area contributed by atoms with Crippen molar-refractivity contribution in [3.8, 4) is 17.6 Å². The van der Waals surface area contributed by atoms with Crippen molar-refractivity contribution in [2.45, 2.75) is 20.0 Å². The average Bonchev–Trinajstić information content (AvgIpc) is 2.88. The maximum atomic E-state index is 12.9. The third kappa shape index (κ3) is 7.86. The number of carbonyl (C=O) groups is 2. The van der Waals surface area contributed by atoms with E-state index in [1.165, 1.54) is 24.3 Å². The van der Waals surface area contributed by atoms with Gasteiger partial charge in [0.05, 0.1) is 12.2 Å². The summed E-state index contributed by atoms with van der Waals surface area (Å²) in [7, 11) is 0. The highest BCUT2D eigenvalue weighted by Gasteiger charge is 2.30. The number of anilines is 2. The van der Waals surface area contributed by atoms with E-state index in [0.717, 1.165) is 23.8 Å². The van der Waals surface area contributed by atoms with E-state index in [1.54, 1.807) is 31.2 Å². The van der Waals surface area contributed by atoms with Crippen molar-refractivity contribution in [3.63, 3.8) is 0 Å². The first-order chi connectivity index (χ1) is 18.1. The normalized spacial score (nSPS) is 11.3. The van der Waals surface area contributed by atoms with Gasteiger partial charge in [-0.25, -0.2) is 0 Å². The molecule has 0 saturated carbocycles. The predicted octanol–water partition coefficient (Wildman–Crippen LogP) is 5.98. The highest BCUT2D eigenvalue weighted by Crippen LogP contribution is 2.31. The van der Waals surface area contributed by atoms with Crippen LogP contribution in [0.2, 0.25) is 0 Å². The zero-order valence-electron chi connectivity index (χ0n) is 20.6. The maximum Gasteiger partial charge on any atom is 0.416 e. The molecule has 0 aliphatic rings. The summed E-state index contributed by atoms with van der Waals surface area (Å²) >= 11 is 0. The van der Waals surface area contributed by atoms with Crippen LogP contribution in [0.25, 0.3) is 6.08 Å². The van der Waals surface area contributed by atoms with Crippen LogP contribution in [0.15, 0.2) is 72.3 Å². The molecular formula is C28H24F3N3O4. The van der Waals surface area contributed by atoms with Gasteiger partial charge in [0.1, 0.15) is 11.6 Å². The van der Waals surface area contributed by atoms with Crippen LogP contribution in [-0.2, 0) is 15.8 Å². The molecule has 0 aliphatic carbocycles. The van der Waals surface area contributed by atoms with Crippen LogP contribution in [0.1, 0.15) is 23.6 Å². The van der Waals surface area contributed by atoms with Crippen LogP contribution in [0, 0.1) is 18.3 Å². The topological polar surface area (TPSA) is 100 Å². The zero-order valence-corrected chi connectivity index (χ0v) is 20.6. The molecule has 0 fully saturated rings. The number of hydrogen-bond donors (Lipinski definition) is 2. The molecule has 0 atom stereocenters. The first-order valence-electron chi connectivity index (χ1n) is 11.5. The Morgan fingerprint density at radius 1 is 0.947 bits per heavy atom. The molecule has 2 N–H and O–H groups in total. The lowest BCUT2D eigenvalue weighted by Crippen LogP contribution is -2.20. The number of amides is 2. The Hall–Kier alpha value is -4.78. The zero-order chi connectivity index (χ0) is 27.7. The van der Waals surface area contributed by atoms with Gasteiger partial charge in [-0.2, -0.15) is 18.4 Å². The van der Waals surface area contributed by atoms with Gasteiger partial charge in [0.2, 0.25) is 0 Å². The SMILES string of the molecule is CCOc1cc(/C=C(\C#N)C(=O)Nc2cccc(C(F)(F)F)c2)ccc1OCC(=O)Nc1ccc(C)cc1. The number of ether oxygens (including phenoxy) is 2. The molecule has 0 spiro atoms. The van der Waals surface area contributed by atoms with E-state index < -0.39 is 17.6 Å². The summed E-state index contributed by atoms with van der Waals surface area (Å²) in [5.74, 6) is -0.703. The lowest BCUT2D eigenvalue weighted by atomic mass is 10.1. The van der Waals surface area contributed by atoms with E-state index in [9.17, 15) is 28.0 Å². The monoisotopic (exact) mass is 523 g/mol. The quantitative estimate of drug-likeness (QED) is 0.266. The summed E-state index contributed by atoms with van der Waals surface area (Å²) in [5.41, 5.74) is 0.720. The molecule has 0 aliphatic heterocycles. The second-order valence-electron chi connectivity index (χ2n) is 8.04. The fourth-order valence-electron chi connectivity index (χ4n) is 3.27. The van der Waals surface area contributed by atoms with Crippen molar-refractivity contribution in [2.24, 2.45) is 0 Å². The van der Waals surface area contributed by atoms with Crippen molar-refractivity contribution in [2.75, 3.05) is 23.8 Å². The largest absolute Gasteiger partial charge is 0.490 e. The highest BCUT2D eigenvalue weighted by molar-refractivity contribution is 6.09. The molecule has 3 aromatic carbocycles. The van der Waals surface area contributed by atoms with E-state index in [4.69, 9.17) is 9.47 Å². The summed E-state index contributed by atoms with van der Waals surface area (Å²) in [6.07, 6.45) is -3.31. The lowest BCUT2D eigenvalue weighted by molar-refractivity contribution is -0.137. The number of aryl methyl sites for hydroxylation is 1.